The van der Waals surface area contributed by atoms with E-state index in [2.05, 4.69) is 4.74 Å². The molecule has 0 saturated heterocycles. The lowest BCUT2D eigenvalue weighted by molar-refractivity contribution is 0.0600. The first-order chi connectivity index (χ1) is 7.87. The van der Waals surface area contributed by atoms with Crippen LogP contribution in [-0.4, -0.2) is 28.6 Å². The normalized spacial score (nSPS) is 11.0. The van der Waals surface area contributed by atoms with Crippen LogP contribution in [0.3, 0.4) is 0 Å². The van der Waals surface area contributed by atoms with Crippen molar-refractivity contribution in [2.24, 2.45) is 0 Å². The molecular formula is C10H11ClO5S. The molecule has 0 amide bonds. The Balaban J connectivity index is 3.20. The fourth-order valence-corrected chi connectivity index (χ4v) is 2.27. The summed E-state index contributed by atoms with van der Waals surface area (Å²) in [5, 5.41) is 0. The summed E-state index contributed by atoms with van der Waals surface area (Å²) in [6.07, 6.45) is 0. The maximum Gasteiger partial charge on any atom is 0.337 e. The van der Waals surface area contributed by atoms with E-state index in [0.717, 1.165) is 0 Å². The van der Waals surface area contributed by atoms with Crippen LogP contribution < -0.4 is 4.74 Å². The molecule has 0 heterocycles. The van der Waals surface area contributed by atoms with Crippen molar-refractivity contribution in [3.05, 3.63) is 29.3 Å². The number of benzene rings is 1. The summed E-state index contributed by atoms with van der Waals surface area (Å²) in [5.41, 5.74) is 0.550. The monoisotopic (exact) mass is 278 g/mol. The fourth-order valence-electron chi connectivity index (χ4n) is 1.32. The predicted molar refractivity (Wildman–Crippen MR) is 62.8 cm³/mol. The van der Waals surface area contributed by atoms with E-state index in [-0.39, 0.29) is 5.56 Å². The smallest absolute Gasteiger partial charge is 0.337 e. The molecule has 0 aliphatic heterocycles. The van der Waals surface area contributed by atoms with E-state index in [0.29, 0.717) is 11.3 Å². The van der Waals surface area contributed by atoms with Gasteiger partial charge in [0.05, 0.1) is 25.5 Å². The molecular weight excluding hydrogens is 268 g/mol. The van der Waals surface area contributed by atoms with Crippen LogP contribution >= 0.6 is 10.7 Å². The highest BCUT2D eigenvalue weighted by molar-refractivity contribution is 8.13. The highest BCUT2D eigenvalue weighted by Gasteiger charge is 2.15. The van der Waals surface area contributed by atoms with Crippen molar-refractivity contribution in [2.75, 3.05) is 14.2 Å². The summed E-state index contributed by atoms with van der Waals surface area (Å²) >= 11 is 0. The van der Waals surface area contributed by atoms with Crippen molar-refractivity contribution in [3.8, 4) is 5.75 Å². The first kappa shape index (κ1) is 13.8. The third-order valence-electron chi connectivity index (χ3n) is 2.03. The van der Waals surface area contributed by atoms with Gasteiger partial charge in [0, 0.05) is 16.2 Å². The van der Waals surface area contributed by atoms with E-state index >= 15 is 0 Å². The highest BCUT2D eigenvalue weighted by Crippen LogP contribution is 2.23. The Morgan fingerprint density at radius 3 is 2.47 bits per heavy atom. The third-order valence-corrected chi connectivity index (χ3v) is 3.01. The predicted octanol–water partition coefficient (Wildman–Crippen LogP) is 1.55. The number of halogens is 1. The maximum absolute atomic E-state index is 11.3. The second kappa shape index (κ2) is 5.37. The number of hydrogen-bond donors (Lipinski definition) is 0. The van der Waals surface area contributed by atoms with Gasteiger partial charge in [-0.3, -0.25) is 0 Å². The minimum Gasteiger partial charge on any atom is -0.496 e. The minimum atomic E-state index is -3.72. The van der Waals surface area contributed by atoms with Gasteiger partial charge in [-0.05, 0) is 18.2 Å². The summed E-state index contributed by atoms with van der Waals surface area (Å²) in [6.45, 7) is 0. The second-order valence-electron chi connectivity index (χ2n) is 3.20. The van der Waals surface area contributed by atoms with Crippen LogP contribution in [0.25, 0.3) is 0 Å². The van der Waals surface area contributed by atoms with Gasteiger partial charge >= 0.3 is 5.97 Å². The van der Waals surface area contributed by atoms with Crippen molar-refractivity contribution < 1.29 is 22.7 Å². The van der Waals surface area contributed by atoms with Crippen LogP contribution in [0.2, 0.25) is 0 Å². The fraction of sp³-hybridized carbons (Fsp3) is 0.300. The lowest BCUT2D eigenvalue weighted by Crippen LogP contribution is -2.05. The molecule has 0 radical (unpaired) electrons. The summed E-state index contributed by atoms with van der Waals surface area (Å²) in [4.78, 5) is 11.3. The Morgan fingerprint density at radius 2 is 2.00 bits per heavy atom. The molecule has 0 aliphatic rings. The summed E-state index contributed by atoms with van der Waals surface area (Å²) < 4.78 is 31.5. The zero-order valence-corrected chi connectivity index (χ0v) is 10.8. The number of carbonyl (C=O) groups is 1. The molecule has 0 N–H and O–H groups in total. The Bertz CT molecular complexity index is 523. The number of methoxy groups -OCH3 is 2. The highest BCUT2D eigenvalue weighted by atomic mass is 35.7. The van der Waals surface area contributed by atoms with Crippen LogP contribution in [0.15, 0.2) is 18.2 Å². The summed E-state index contributed by atoms with van der Waals surface area (Å²) in [7, 11) is 4.08. The number of rotatable bonds is 4. The van der Waals surface area contributed by atoms with Gasteiger partial charge in [0.15, 0.2) is 0 Å². The average molecular weight is 279 g/mol. The van der Waals surface area contributed by atoms with Crippen LogP contribution in [0, 0.1) is 0 Å². The molecule has 7 heteroatoms. The zero-order valence-electron chi connectivity index (χ0n) is 9.27. The molecule has 0 bridgehead atoms. The molecule has 1 aromatic carbocycles. The third kappa shape index (κ3) is 3.90. The number of carbonyl (C=O) groups excluding carboxylic acids is 1. The first-order valence-electron chi connectivity index (χ1n) is 4.55. The van der Waals surface area contributed by atoms with Gasteiger partial charge in [0.2, 0.25) is 9.05 Å². The van der Waals surface area contributed by atoms with Crippen LogP contribution in [0.5, 0.6) is 5.75 Å². The van der Waals surface area contributed by atoms with E-state index in [1.165, 1.54) is 32.4 Å². The average Bonchev–Trinajstić information content (AvgIpc) is 2.25. The minimum absolute atomic E-state index is 0.239. The topological polar surface area (TPSA) is 69.7 Å². The van der Waals surface area contributed by atoms with E-state index in [1.807, 2.05) is 0 Å². The molecule has 17 heavy (non-hydrogen) atoms. The molecule has 0 atom stereocenters. The second-order valence-corrected chi connectivity index (χ2v) is 5.98. The lowest BCUT2D eigenvalue weighted by Gasteiger charge is -2.08. The Labute approximate surface area is 104 Å². The van der Waals surface area contributed by atoms with E-state index < -0.39 is 20.8 Å². The van der Waals surface area contributed by atoms with Crippen molar-refractivity contribution >= 4 is 25.7 Å². The summed E-state index contributed by atoms with van der Waals surface area (Å²) in [6, 6.07) is 4.35. The van der Waals surface area contributed by atoms with Gasteiger partial charge in [-0.25, -0.2) is 13.2 Å². The Hall–Kier alpha value is -1.27. The summed E-state index contributed by atoms with van der Waals surface area (Å²) in [5.74, 6) is -0.620. The first-order valence-corrected chi connectivity index (χ1v) is 7.03. The van der Waals surface area contributed by atoms with Crippen LogP contribution in [0.4, 0.5) is 0 Å². The number of ether oxygens (including phenoxy) is 2. The standard InChI is InChI=1S/C10H11ClO5S/c1-15-9-4-3-7(10(12)16-2)5-8(9)6-17(11,13)14/h3-5H,6H2,1-2H3. The van der Waals surface area contributed by atoms with Crippen molar-refractivity contribution in [2.45, 2.75) is 5.75 Å². The molecule has 0 spiro atoms. The van der Waals surface area contributed by atoms with Crippen LogP contribution in [0.1, 0.15) is 15.9 Å². The molecule has 0 saturated carbocycles. The zero-order chi connectivity index (χ0) is 13.1. The van der Waals surface area contributed by atoms with Gasteiger partial charge in [0.1, 0.15) is 5.75 Å². The largest absolute Gasteiger partial charge is 0.496 e. The lowest BCUT2D eigenvalue weighted by atomic mass is 10.1. The number of hydrogen-bond acceptors (Lipinski definition) is 5. The molecule has 0 aromatic heterocycles. The molecule has 5 nitrogen and oxygen atoms in total. The SMILES string of the molecule is COC(=O)c1ccc(OC)c(CS(=O)(=O)Cl)c1. The van der Waals surface area contributed by atoms with Crippen molar-refractivity contribution in [1.29, 1.82) is 0 Å². The van der Waals surface area contributed by atoms with E-state index in [4.69, 9.17) is 15.4 Å². The molecule has 1 rings (SSSR count). The molecule has 1 aromatic rings. The van der Waals surface area contributed by atoms with Crippen LogP contribution in [-0.2, 0) is 19.5 Å². The van der Waals surface area contributed by atoms with E-state index in [1.54, 1.807) is 0 Å². The molecule has 0 unspecified atom stereocenters. The Kier molecular flexibility index (Phi) is 4.36. The van der Waals surface area contributed by atoms with Gasteiger partial charge in [-0.2, -0.15) is 0 Å². The quantitative estimate of drug-likeness (QED) is 0.617. The van der Waals surface area contributed by atoms with Crippen molar-refractivity contribution in [3.63, 3.8) is 0 Å². The van der Waals surface area contributed by atoms with Gasteiger partial charge in [-0.1, -0.05) is 0 Å². The van der Waals surface area contributed by atoms with Gasteiger partial charge in [0.25, 0.3) is 0 Å². The van der Waals surface area contributed by atoms with E-state index in [9.17, 15) is 13.2 Å². The maximum atomic E-state index is 11.3. The Morgan fingerprint density at radius 1 is 1.35 bits per heavy atom. The molecule has 94 valence electrons. The van der Waals surface area contributed by atoms with Gasteiger partial charge < -0.3 is 9.47 Å². The van der Waals surface area contributed by atoms with Gasteiger partial charge in [-0.15, -0.1) is 0 Å². The van der Waals surface area contributed by atoms with Crippen molar-refractivity contribution in [1.82, 2.24) is 0 Å². The number of esters is 1. The molecule has 0 fully saturated rings. The molecule has 0 aliphatic carbocycles.